The number of carbonyl (C=O) groups excluding carboxylic acids is 1. The van der Waals surface area contributed by atoms with Crippen LogP contribution in [0.1, 0.15) is 60.9 Å². The van der Waals surface area contributed by atoms with Gasteiger partial charge in [-0.1, -0.05) is 5.16 Å². The number of aromatic amines is 1. The topological polar surface area (TPSA) is 110 Å². The third-order valence-electron chi connectivity index (χ3n) is 6.26. The SMILES string of the molecule is Cc1nn([C@H](C)CC(=O)N2CCC(c3noc(-c4ccc(=O)[nH]c4)n3)CC2)c(C)c1C. The fourth-order valence-corrected chi connectivity index (χ4v) is 4.09. The van der Waals surface area contributed by atoms with E-state index in [0.717, 1.165) is 24.2 Å². The number of hydrogen-bond donors (Lipinski definition) is 1. The Morgan fingerprint density at radius 3 is 2.61 bits per heavy atom. The highest BCUT2D eigenvalue weighted by Gasteiger charge is 2.28. The smallest absolute Gasteiger partial charge is 0.259 e. The highest BCUT2D eigenvalue weighted by molar-refractivity contribution is 5.76. The lowest BCUT2D eigenvalue weighted by Crippen LogP contribution is -2.39. The van der Waals surface area contributed by atoms with Gasteiger partial charge in [-0.15, -0.1) is 0 Å². The number of rotatable bonds is 5. The van der Waals surface area contributed by atoms with Gasteiger partial charge in [0.05, 0.1) is 17.3 Å². The molecule has 3 aromatic rings. The summed E-state index contributed by atoms with van der Waals surface area (Å²) in [7, 11) is 0. The van der Waals surface area contributed by atoms with E-state index >= 15 is 0 Å². The van der Waals surface area contributed by atoms with Crippen molar-refractivity contribution in [3.05, 3.63) is 51.5 Å². The summed E-state index contributed by atoms with van der Waals surface area (Å²) in [4.78, 5) is 33.1. The van der Waals surface area contributed by atoms with Gasteiger partial charge in [0, 0.05) is 43.4 Å². The molecule has 1 amide bonds. The van der Waals surface area contributed by atoms with E-state index in [1.807, 2.05) is 30.4 Å². The number of nitrogens with one attached hydrogen (secondary N) is 1. The maximum Gasteiger partial charge on any atom is 0.259 e. The van der Waals surface area contributed by atoms with Crippen molar-refractivity contribution in [3.8, 4) is 11.5 Å². The zero-order valence-corrected chi connectivity index (χ0v) is 18.4. The van der Waals surface area contributed by atoms with Crippen molar-refractivity contribution in [1.29, 1.82) is 0 Å². The Balaban J connectivity index is 1.34. The Bertz CT molecular complexity index is 1120. The van der Waals surface area contributed by atoms with Crippen LogP contribution in [0.25, 0.3) is 11.5 Å². The van der Waals surface area contributed by atoms with Crippen molar-refractivity contribution >= 4 is 5.91 Å². The third kappa shape index (κ3) is 4.30. The average molecular weight is 425 g/mol. The van der Waals surface area contributed by atoms with Crippen LogP contribution in [0.5, 0.6) is 0 Å². The van der Waals surface area contributed by atoms with Gasteiger partial charge in [-0.3, -0.25) is 14.3 Å². The van der Waals surface area contributed by atoms with Gasteiger partial charge in [0.2, 0.25) is 11.5 Å². The first-order valence-corrected chi connectivity index (χ1v) is 10.7. The van der Waals surface area contributed by atoms with Crippen molar-refractivity contribution < 1.29 is 9.32 Å². The van der Waals surface area contributed by atoms with Crippen molar-refractivity contribution in [2.75, 3.05) is 13.1 Å². The molecule has 9 heteroatoms. The van der Waals surface area contributed by atoms with E-state index in [-0.39, 0.29) is 23.4 Å². The molecule has 0 radical (unpaired) electrons. The first-order valence-electron chi connectivity index (χ1n) is 10.7. The maximum atomic E-state index is 12.9. The van der Waals surface area contributed by atoms with Crippen LogP contribution in [0.3, 0.4) is 0 Å². The molecule has 1 N–H and O–H groups in total. The number of nitrogens with zero attached hydrogens (tertiary/aromatic N) is 5. The number of H-pyrrole nitrogens is 1. The van der Waals surface area contributed by atoms with Gasteiger partial charge >= 0.3 is 0 Å². The van der Waals surface area contributed by atoms with Gasteiger partial charge in [-0.25, -0.2) is 0 Å². The molecule has 3 aromatic heterocycles. The van der Waals surface area contributed by atoms with E-state index in [1.165, 1.54) is 11.6 Å². The molecule has 0 aromatic carbocycles. The van der Waals surface area contributed by atoms with E-state index in [0.29, 0.717) is 36.8 Å². The first kappa shape index (κ1) is 21.0. The molecule has 1 aliphatic rings. The molecule has 1 atom stereocenters. The summed E-state index contributed by atoms with van der Waals surface area (Å²) >= 11 is 0. The number of piperidine rings is 1. The first-order chi connectivity index (χ1) is 14.8. The number of aryl methyl sites for hydroxylation is 1. The second kappa shape index (κ2) is 8.49. The quantitative estimate of drug-likeness (QED) is 0.674. The van der Waals surface area contributed by atoms with E-state index < -0.39 is 0 Å². The van der Waals surface area contributed by atoms with E-state index in [9.17, 15) is 9.59 Å². The van der Waals surface area contributed by atoms with Crippen molar-refractivity contribution in [2.24, 2.45) is 0 Å². The van der Waals surface area contributed by atoms with Crippen LogP contribution < -0.4 is 5.56 Å². The van der Waals surface area contributed by atoms with Crippen LogP contribution in [-0.2, 0) is 4.79 Å². The number of hydrogen-bond acceptors (Lipinski definition) is 6. The molecule has 0 bridgehead atoms. The Kier molecular flexibility index (Phi) is 5.75. The maximum absolute atomic E-state index is 12.9. The molecule has 9 nitrogen and oxygen atoms in total. The standard InChI is InChI=1S/C22H28N6O3/c1-13(28-16(4)14(2)15(3)25-28)11-20(30)27-9-7-17(8-10-27)21-24-22(31-26-21)18-5-6-19(29)23-12-18/h5-6,12-13,17H,7-11H2,1-4H3,(H,23,29)/t13-/m1/s1. The molecule has 164 valence electrons. The average Bonchev–Trinajstić information content (AvgIpc) is 3.35. The lowest BCUT2D eigenvalue weighted by Gasteiger charge is -2.31. The molecule has 4 heterocycles. The predicted octanol–water partition coefficient (Wildman–Crippen LogP) is 2.90. The van der Waals surface area contributed by atoms with Crippen LogP contribution in [0.2, 0.25) is 0 Å². The highest BCUT2D eigenvalue weighted by atomic mass is 16.5. The molecule has 0 unspecified atom stereocenters. The second-order valence-electron chi connectivity index (χ2n) is 8.35. The summed E-state index contributed by atoms with van der Waals surface area (Å²) in [5.41, 5.74) is 3.81. The normalized spacial score (nSPS) is 15.9. The Morgan fingerprint density at radius 1 is 1.26 bits per heavy atom. The molecule has 1 aliphatic heterocycles. The molecule has 1 fully saturated rings. The molecule has 0 spiro atoms. The van der Waals surface area contributed by atoms with E-state index in [1.54, 1.807) is 12.3 Å². The zero-order chi connectivity index (χ0) is 22.1. The van der Waals surface area contributed by atoms with Crippen LogP contribution in [-0.4, -0.2) is 48.8 Å². The number of aromatic nitrogens is 5. The summed E-state index contributed by atoms with van der Waals surface area (Å²) in [6.07, 6.45) is 3.59. The molecular formula is C22H28N6O3. The Hall–Kier alpha value is -3.23. The van der Waals surface area contributed by atoms with Crippen molar-refractivity contribution in [3.63, 3.8) is 0 Å². The minimum Gasteiger partial charge on any atom is -0.343 e. The summed E-state index contributed by atoms with van der Waals surface area (Å²) < 4.78 is 7.33. The monoisotopic (exact) mass is 424 g/mol. The summed E-state index contributed by atoms with van der Waals surface area (Å²) in [5.74, 6) is 1.34. The predicted molar refractivity (Wildman–Crippen MR) is 115 cm³/mol. The van der Waals surface area contributed by atoms with Crippen molar-refractivity contribution in [2.45, 2.75) is 58.9 Å². The lowest BCUT2D eigenvalue weighted by molar-refractivity contribution is -0.133. The van der Waals surface area contributed by atoms with Gasteiger partial charge in [-0.05, 0) is 52.2 Å². The van der Waals surface area contributed by atoms with Gasteiger partial charge in [0.1, 0.15) is 0 Å². The summed E-state index contributed by atoms with van der Waals surface area (Å²) in [6, 6.07) is 3.11. The van der Waals surface area contributed by atoms with Gasteiger partial charge in [0.15, 0.2) is 5.82 Å². The van der Waals surface area contributed by atoms with Crippen LogP contribution in [0.4, 0.5) is 0 Å². The van der Waals surface area contributed by atoms with Gasteiger partial charge in [-0.2, -0.15) is 10.1 Å². The molecule has 4 rings (SSSR count). The number of likely N-dealkylation sites (tertiary alicyclic amines) is 1. The molecule has 1 saturated heterocycles. The second-order valence-corrected chi connectivity index (χ2v) is 8.35. The lowest BCUT2D eigenvalue weighted by atomic mass is 9.95. The fraction of sp³-hybridized carbons (Fsp3) is 0.500. The Labute approximate surface area is 180 Å². The van der Waals surface area contributed by atoms with E-state index in [4.69, 9.17) is 4.52 Å². The molecule has 0 saturated carbocycles. The van der Waals surface area contributed by atoms with Crippen LogP contribution >= 0.6 is 0 Å². The van der Waals surface area contributed by atoms with Crippen LogP contribution in [0.15, 0.2) is 27.6 Å². The van der Waals surface area contributed by atoms with Crippen LogP contribution in [0, 0.1) is 20.8 Å². The summed E-state index contributed by atoms with van der Waals surface area (Å²) in [5, 5.41) is 8.71. The molecular weight excluding hydrogens is 396 g/mol. The fourth-order valence-electron chi connectivity index (χ4n) is 4.09. The number of amides is 1. The minimum atomic E-state index is -0.178. The van der Waals surface area contributed by atoms with Crippen molar-refractivity contribution in [1.82, 2.24) is 29.8 Å². The zero-order valence-electron chi connectivity index (χ0n) is 18.4. The minimum absolute atomic E-state index is 0.0229. The number of pyridine rings is 1. The third-order valence-corrected chi connectivity index (χ3v) is 6.26. The summed E-state index contributed by atoms with van der Waals surface area (Å²) in [6.45, 7) is 9.51. The van der Waals surface area contributed by atoms with Gasteiger partial charge < -0.3 is 14.4 Å². The van der Waals surface area contributed by atoms with Gasteiger partial charge in [0.25, 0.3) is 5.89 Å². The highest BCUT2D eigenvalue weighted by Crippen LogP contribution is 2.29. The molecule has 31 heavy (non-hydrogen) atoms. The Morgan fingerprint density at radius 2 is 2.00 bits per heavy atom. The largest absolute Gasteiger partial charge is 0.343 e. The molecule has 0 aliphatic carbocycles. The van der Waals surface area contributed by atoms with E-state index in [2.05, 4.69) is 27.1 Å². The number of carbonyl (C=O) groups is 1.